The Morgan fingerprint density at radius 1 is 1.10 bits per heavy atom. The summed E-state index contributed by atoms with van der Waals surface area (Å²) in [6, 6.07) is 19.6. The van der Waals surface area contributed by atoms with Crippen LogP contribution in [-0.2, 0) is 0 Å². The van der Waals surface area contributed by atoms with Crippen molar-refractivity contribution in [1.29, 1.82) is 0 Å². The van der Waals surface area contributed by atoms with Gasteiger partial charge in [-0.15, -0.1) is 0 Å². The average molecular weight is 525 g/mol. The number of anilines is 1. The first kappa shape index (κ1) is 27.4. The standard InChI is InChI=1S/C29H31N7O.CH5N/c1-5-36(22-9-7-6-8-10-22)17-26(18(2)30-4)35-29(37)20-11-12-24-21(15-20)16-25(34-24)23-13-14-31-28-27(23)32-19(3)33-28;1-2/h6-16,26,30,34H,2,5,17H2,1,3-4H3,(H,35,37)(H,31,32,33);2H2,1H3. The number of benzene rings is 2. The van der Waals surface area contributed by atoms with Gasteiger partial charge in [-0.3, -0.25) is 4.79 Å². The SMILES string of the molecule is C=C(NC)C(CN(CC)c1ccccc1)NC(=O)c1ccc2[nH]c(-c3ccnc4nc(C)[nH]c34)cc2c1.CN. The number of hydrogen-bond acceptors (Lipinski definition) is 6. The van der Waals surface area contributed by atoms with Crippen molar-refractivity contribution in [2.45, 2.75) is 19.9 Å². The Bertz CT molecular complexity index is 1570. The lowest BCUT2D eigenvalue weighted by molar-refractivity contribution is 0.0942. The molecule has 5 aromatic rings. The van der Waals surface area contributed by atoms with Gasteiger partial charge in [0.1, 0.15) is 5.82 Å². The van der Waals surface area contributed by atoms with Gasteiger partial charge in [-0.25, -0.2) is 9.97 Å². The van der Waals surface area contributed by atoms with Gasteiger partial charge in [0.25, 0.3) is 5.91 Å². The minimum Gasteiger partial charge on any atom is -0.390 e. The second kappa shape index (κ2) is 12.3. The number of pyridine rings is 1. The highest BCUT2D eigenvalue weighted by Gasteiger charge is 2.20. The molecule has 0 fully saturated rings. The molecule has 202 valence electrons. The molecule has 0 saturated heterocycles. The van der Waals surface area contributed by atoms with Crippen molar-refractivity contribution in [3.63, 3.8) is 0 Å². The Hall–Kier alpha value is -4.63. The predicted molar refractivity (Wildman–Crippen MR) is 160 cm³/mol. The molecule has 0 radical (unpaired) electrons. The first-order valence-electron chi connectivity index (χ1n) is 13.0. The Morgan fingerprint density at radius 3 is 2.59 bits per heavy atom. The van der Waals surface area contributed by atoms with Crippen LogP contribution < -0.4 is 21.3 Å². The van der Waals surface area contributed by atoms with Gasteiger partial charge >= 0.3 is 0 Å². The molecule has 39 heavy (non-hydrogen) atoms. The van der Waals surface area contributed by atoms with Crippen LogP contribution in [0.4, 0.5) is 5.69 Å². The van der Waals surface area contributed by atoms with E-state index in [0.717, 1.165) is 51.4 Å². The van der Waals surface area contributed by atoms with Gasteiger partial charge in [-0.05, 0) is 63.4 Å². The fourth-order valence-corrected chi connectivity index (χ4v) is 4.60. The van der Waals surface area contributed by atoms with Crippen LogP contribution in [0.3, 0.4) is 0 Å². The van der Waals surface area contributed by atoms with Crippen molar-refractivity contribution in [3.8, 4) is 11.3 Å². The predicted octanol–water partition coefficient (Wildman–Crippen LogP) is 4.35. The molecule has 0 spiro atoms. The highest BCUT2D eigenvalue weighted by Crippen LogP contribution is 2.29. The molecule has 6 N–H and O–H groups in total. The third-order valence-corrected chi connectivity index (χ3v) is 6.64. The molecule has 9 heteroatoms. The van der Waals surface area contributed by atoms with Crippen LogP contribution in [0.5, 0.6) is 0 Å². The lowest BCUT2D eigenvalue weighted by atomic mass is 10.1. The molecule has 1 amide bonds. The number of H-pyrrole nitrogens is 2. The Labute approximate surface area is 228 Å². The van der Waals surface area contributed by atoms with Gasteiger partial charge in [0.05, 0.1) is 11.6 Å². The van der Waals surface area contributed by atoms with Crippen molar-refractivity contribution in [3.05, 3.63) is 90.5 Å². The maximum atomic E-state index is 13.3. The van der Waals surface area contributed by atoms with Crippen molar-refractivity contribution in [2.75, 3.05) is 32.1 Å². The summed E-state index contributed by atoms with van der Waals surface area (Å²) in [5.74, 6) is 0.669. The number of carbonyl (C=O) groups excluding carboxylic acids is 1. The zero-order valence-corrected chi connectivity index (χ0v) is 22.9. The molecule has 3 heterocycles. The zero-order chi connectivity index (χ0) is 27.9. The molecule has 1 atom stereocenters. The van der Waals surface area contributed by atoms with Gasteiger partial charge in [0.2, 0.25) is 0 Å². The number of nitrogens with two attached hydrogens (primary N) is 1. The fourth-order valence-electron chi connectivity index (χ4n) is 4.60. The lowest BCUT2D eigenvalue weighted by Crippen LogP contribution is -2.47. The summed E-state index contributed by atoms with van der Waals surface area (Å²) in [5, 5.41) is 7.24. The number of likely N-dealkylation sites (N-methyl/N-ethyl adjacent to an activating group) is 2. The molecule has 0 bridgehead atoms. The average Bonchev–Trinajstić information content (AvgIpc) is 3.58. The molecule has 0 aliphatic heterocycles. The summed E-state index contributed by atoms with van der Waals surface area (Å²) >= 11 is 0. The highest BCUT2D eigenvalue weighted by molar-refractivity contribution is 6.00. The lowest BCUT2D eigenvalue weighted by Gasteiger charge is -2.30. The molecular formula is C30H36N8O. The summed E-state index contributed by atoms with van der Waals surface area (Å²) in [6.07, 6.45) is 1.76. The van der Waals surface area contributed by atoms with Crippen LogP contribution in [0.15, 0.2) is 79.1 Å². The summed E-state index contributed by atoms with van der Waals surface area (Å²) in [4.78, 5) is 31.1. The molecule has 0 aliphatic carbocycles. The largest absolute Gasteiger partial charge is 0.390 e. The van der Waals surface area contributed by atoms with Crippen LogP contribution in [0.1, 0.15) is 23.1 Å². The van der Waals surface area contributed by atoms with Crippen LogP contribution in [0, 0.1) is 6.92 Å². The van der Waals surface area contributed by atoms with Crippen LogP contribution in [0.25, 0.3) is 33.3 Å². The van der Waals surface area contributed by atoms with E-state index >= 15 is 0 Å². The van der Waals surface area contributed by atoms with Crippen molar-refractivity contribution < 1.29 is 4.79 Å². The third-order valence-electron chi connectivity index (χ3n) is 6.64. The second-order valence-electron chi connectivity index (χ2n) is 9.04. The van der Waals surface area contributed by atoms with E-state index in [4.69, 9.17) is 0 Å². The van der Waals surface area contributed by atoms with E-state index in [1.54, 1.807) is 6.20 Å². The fraction of sp³-hybridized carbons (Fsp3) is 0.233. The highest BCUT2D eigenvalue weighted by atomic mass is 16.1. The van der Waals surface area contributed by atoms with E-state index in [1.165, 1.54) is 7.05 Å². The summed E-state index contributed by atoms with van der Waals surface area (Å²) in [5.41, 5.74) is 11.4. The van der Waals surface area contributed by atoms with E-state index in [-0.39, 0.29) is 11.9 Å². The number of rotatable bonds is 9. The number of hydrogen-bond donors (Lipinski definition) is 5. The van der Waals surface area contributed by atoms with E-state index in [1.807, 2.05) is 56.4 Å². The number of fused-ring (bicyclic) bond motifs is 2. The Kier molecular flexibility index (Phi) is 8.63. The number of aromatic amines is 2. The maximum absolute atomic E-state index is 13.3. The molecule has 3 aromatic heterocycles. The zero-order valence-electron chi connectivity index (χ0n) is 22.9. The normalized spacial score (nSPS) is 11.5. The number of para-hydroxylation sites is 1. The van der Waals surface area contributed by atoms with Crippen LogP contribution in [0.2, 0.25) is 0 Å². The topological polar surface area (TPSA) is 128 Å². The van der Waals surface area contributed by atoms with Crippen molar-refractivity contribution in [1.82, 2.24) is 30.6 Å². The van der Waals surface area contributed by atoms with E-state index < -0.39 is 0 Å². The van der Waals surface area contributed by atoms with E-state index in [9.17, 15) is 4.79 Å². The van der Waals surface area contributed by atoms with Gasteiger partial charge in [-0.2, -0.15) is 0 Å². The van der Waals surface area contributed by atoms with Crippen molar-refractivity contribution in [2.24, 2.45) is 5.73 Å². The number of imidazole rings is 1. The summed E-state index contributed by atoms with van der Waals surface area (Å²) in [7, 11) is 3.32. The van der Waals surface area contributed by atoms with Crippen LogP contribution >= 0.6 is 0 Å². The monoisotopic (exact) mass is 524 g/mol. The number of aryl methyl sites for hydroxylation is 1. The van der Waals surface area contributed by atoms with Crippen LogP contribution in [-0.4, -0.2) is 59.1 Å². The number of nitrogens with zero attached hydrogens (tertiary/aromatic N) is 3. The quantitative estimate of drug-likeness (QED) is 0.195. The molecule has 1 unspecified atom stereocenters. The molecule has 5 rings (SSSR count). The molecular weight excluding hydrogens is 488 g/mol. The maximum Gasteiger partial charge on any atom is 0.251 e. The van der Waals surface area contributed by atoms with Gasteiger partial charge in [0, 0.05) is 65.4 Å². The number of amides is 1. The molecule has 9 nitrogen and oxygen atoms in total. The minimum absolute atomic E-state index is 0.148. The van der Waals surface area contributed by atoms with Gasteiger partial charge < -0.3 is 31.2 Å². The smallest absolute Gasteiger partial charge is 0.251 e. The number of nitrogens with one attached hydrogen (secondary N) is 4. The first-order valence-corrected chi connectivity index (χ1v) is 13.0. The summed E-state index contributed by atoms with van der Waals surface area (Å²) < 4.78 is 0. The second-order valence-corrected chi connectivity index (χ2v) is 9.04. The van der Waals surface area contributed by atoms with Gasteiger partial charge in [0.15, 0.2) is 5.65 Å². The first-order chi connectivity index (χ1) is 19.0. The molecule has 0 aliphatic rings. The van der Waals surface area contributed by atoms with E-state index in [2.05, 4.69) is 72.9 Å². The van der Waals surface area contributed by atoms with Crippen molar-refractivity contribution >= 4 is 33.7 Å². The Balaban J connectivity index is 0.00000172. The third kappa shape index (κ3) is 5.94. The molecule has 2 aromatic carbocycles. The van der Waals surface area contributed by atoms with Gasteiger partial charge in [-0.1, -0.05) is 24.8 Å². The number of aromatic nitrogens is 4. The Morgan fingerprint density at radius 2 is 1.87 bits per heavy atom. The minimum atomic E-state index is -0.274. The summed E-state index contributed by atoms with van der Waals surface area (Å²) in [6.45, 7) is 9.57. The number of carbonyl (C=O) groups is 1. The van der Waals surface area contributed by atoms with E-state index in [0.29, 0.717) is 17.8 Å². The molecule has 0 saturated carbocycles.